The summed E-state index contributed by atoms with van der Waals surface area (Å²) in [6, 6.07) is 0. The van der Waals surface area contributed by atoms with Gasteiger partial charge in [-0.15, -0.1) is 0 Å². The van der Waals surface area contributed by atoms with E-state index in [1.807, 2.05) is 13.8 Å². The second kappa shape index (κ2) is 6.01. The molecule has 0 amide bonds. The molecule has 1 saturated heterocycles. The van der Waals surface area contributed by atoms with Crippen LogP contribution in [0, 0.1) is 11.8 Å². The normalized spacial score (nSPS) is 24.6. The summed E-state index contributed by atoms with van der Waals surface area (Å²) in [5.41, 5.74) is 0. The molecule has 0 aliphatic carbocycles. The summed E-state index contributed by atoms with van der Waals surface area (Å²) >= 11 is 11.6. The van der Waals surface area contributed by atoms with Crippen LogP contribution in [0.25, 0.3) is 0 Å². The van der Waals surface area contributed by atoms with E-state index in [1.54, 1.807) is 0 Å². The number of rotatable bonds is 3. The van der Waals surface area contributed by atoms with E-state index in [1.165, 1.54) is 4.31 Å². The number of piperidine rings is 1. The molecule has 20 heavy (non-hydrogen) atoms. The summed E-state index contributed by atoms with van der Waals surface area (Å²) in [5, 5.41) is 0.00981. The lowest BCUT2D eigenvalue weighted by Gasteiger charge is -2.33. The largest absolute Gasteiger partial charge is 0.302 e. The Bertz CT molecular complexity index is 586. The maximum atomic E-state index is 12.4. The topological polar surface area (TPSA) is 75.2 Å². The highest BCUT2D eigenvalue weighted by molar-refractivity contribution is 7.90. The third-order valence-electron chi connectivity index (χ3n) is 3.15. The van der Waals surface area contributed by atoms with Crippen molar-refractivity contribution in [3.05, 3.63) is 16.5 Å². The molecule has 9 heteroatoms. The van der Waals surface area contributed by atoms with Gasteiger partial charge in [0.25, 0.3) is 0 Å². The maximum absolute atomic E-state index is 12.4. The van der Waals surface area contributed by atoms with Crippen LogP contribution in [0.1, 0.15) is 20.3 Å². The van der Waals surface area contributed by atoms with Crippen molar-refractivity contribution in [2.45, 2.75) is 20.3 Å². The van der Waals surface area contributed by atoms with Gasteiger partial charge in [-0.3, -0.25) is 4.72 Å². The van der Waals surface area contributed by atoms with Crippen molar-refractivity contribution < 1.29 is 8.42 Å². The molecule has 2 unspecified atom stereocenters. The minimum absolute atomic E-state index is 0.00227. The van der Waals surface area contributed by atoms with Crippen molar-refractivity contribution in [2.24, 2.45) is 11.8 Å². The van der Waals surface area contributed by atoms with Gasteiger partial charge in [0.2, 0.25) is 0 Å². The first-order valence-corrected chi connectivity index (χ1v) is 8.43. The van der Waals surface area contributed by atoms with Crippen LogP contribution in [0.15, 0.2) is 6.33 Å². The standard InChI is InChI=1S/C11H16Cl2N4O2S/c1-7-3-8(2)5-17(4-7)20(18,19)16-11-9(12)10(13)14-6-15-11/h6-8H,3-5H2,1-2H3,(H,14,15,16). The van der Waals surface area contributed by atoms with E-state index >= 15 is 0 Å². The molecule has 0 spiro atoms. The Balaban J connectivity index is 2.21. The number of hydrogen-bond acceptors (Lipinski definition) is 4. The first-order valence-electron chi connectivity index (χ1n) is 6.23. The third kappa shape index (κ3) is 3.52. The van der Waals surface area contributed by atoms with Crippen LogP contribution in [-0.4, -0.2) is 35.8 Å². The molecular weight excluding hydrogens is 323 g/mol. The van der Waals surface area contributed by atoms with Gasteiger partial charge in [0.15, 0.2) is 11.0 Å². The molecule has 1 fully saturated rings. The highest BCUT2D eigenvalue weighted by atomic mass is 35.5. The molecule has 112 valence electrons. The molecule has 1 aliphatic rings. The number of aromatic nitrogens is 2. The second-order valence-electron chi connectivity index (χ2n) is 5.20. The summed E-state index contributed by atoms with van der Waals surface area (Å²) in [4.78, 5) is 7.49. The van der Waals surface area contributed by atoms with Gasteiger partial charge in [-0.05, 0) is 18.3 Å². The average Bonchev–Trinajstić information content (AvgIpc) is 2.33. The minimum atomic E-state index is -3.69. The zero-order chi connectivity index (χ0) is 14.9. The monoisotopic (exact) mass is 338 g/mol. The van der Waals surface area contributed by atoms with E-state index in [-0.39, 0.29) is 16.0 Å². The number of anilines is 1. The van der Waals surface area contributed by atoms with Gasteiger partial charge >= 0.3 is 10.2 Å². The molecule has 1 N–H and O–H groups in total. The van der Waals surface area contributed by atoms with Gasteiger partial charge in [-0.1, -0.05) is 37.0 Å². The molecule has 1 aliphatic heterocycles. The van der Waals surface area contributed by atoms with Crippen LogP contribution in [0.2, 0.25) is 10.2 Å². The lowest BCUT2D eigenvalue weighted by atomic mass is 9.94. The van der Waals surface area contributed by atoms with E-state index < -0.39 is 10.2 Å². The summed E-state index contributed by atoms with van der Waals surface area (Å²) < 4.78 is 28.5. The van der Waals surface area contributed by atoms with Crippen LogP contribution < -0.4 is 4.72 Å². The number of nitrogens with one attached hydrogen (secondary N) is 1. The predicted octanol–water partition coefficient (Wildman–Crippen LogP) is 2.42. The van der Waals surface area contributed by atoms with Crippen molar-refractivity contribution in [1.29, 1.82) is 0 Å². The Morgan fingerprint density at radius 1 is 1.25 bits per heavy atom. The van der Waals surface area contributed by atoms with Crippen molar-refractivity contribution in [2.75, 3.05) is 17.8 Å². The molecule has 0 saturated carbocycles. The molecule has 0 aromatic carbocycles. The SMILES string of the molecule is CC1CC(C)CN(S(=O)(=O)Nc2ncnc(Cl)c2Cl)C1. The summed E-state index contributed by atoms with van der Waals surface area (Å²) in [7, 11) is -3.69. The Morgan fingerprint density at radius 2 is 1.85 bits per heavy atom. The van der Waals surface area contributed by atoms with Gasteiger partial charge in [-0.25, -0.2) is 9.97 Å². The molecule has 1 aromatic rings. The summed E-state index contributed by atoms with van der Waals surface area (Å²) in [5.74, 6) is 0.636. The molecule has 2 atom stereocenters. The van der Waals surface area contributed by atoms with Crippen LogP contribution in [0.4, 0.5) is 5.82 Å². The number of nitrogens with zero attached hydrogens (tertiary/aromatic N) is 3. The van der Waals surface area contributed by atoms with E-state index in [9.17, 15) is 8.42 Å². The fourth-order valence-electron chi connectivity index (χ4n) is 2.41. The Morgan fingerprint density at radius 3 is 2.45 bits per heavy atom. The number of halogens is 2. The summed E-state index contributed by atoms with van der Waals surface area (Å²) in [6.45, 7) is 5.03. The average molecular weight is 339 g/mol. The van der Waals surface area contributed by atoms with Gasteiger partial charge in [0, 0.05) is 13.1 Å². The van der Waals surface area contributed by atoms with E-state index in [2.05, 4.69) is 14.7 Å². The van der Waals surface area contributed by atoms with Gasteiger partial charge < -0.3 is 0 Å². The quantitative estimate of drug-likeness (QED) is 0.858. The van der Waals surface area contributed by atoms with E-state index in [0.717, 1.165) is 12.7 Å². The van der Waals surface area contributed by atoms with Crippen LogP contribution in [0.3, 0.4) is 0 Å². The molecule has 0 radical (unpaired) electrons. The van der Waals surface area contributed by atoms with Crippen molar-refractivity contribution in [1.82, 2.24) is 14.3 Å². The molecule has 2 rings (SSSR count). The maximum Gasteiger partial charge on any atom is 0.302 e. The lowest BCUT2D eigenvalue weighted by molar-refractivity contribution is 0.223. The van der Waals surface area contributed by atoms with Gasteiger partial charge in [0.1, 0.15) is 11.3 Å². The van der Waals surface area contributed by atoms with Gasteiger partial charge in [0.05, 0.1) is 0 Å². The molecule has 1 aromatic heterocycles. The number of hydrogen-bond donors (Lipinski definition) is 1. The van der Waals surface area contributed by atoms with E-state index in [0.29, 0.717) is 24.9 Å². The smallest absolute Gasteiger partial charge is 0.253 e. The highest BCUT2D eigenvalue weighted by Gasteiger charge is 2.31. The minimum Gasteiger partial charge on any atom is -0.253 e. The Hall–Kier alpha value is -0.630. The highest BCUT2D eigenvalue weighted by Crippen LogP contribution is 2.28. The van der Waals surface area contributed by atoms with Crippen LogP contribution >= 0.6 is 23.2 Å². The van der Waals surface area contributed by atoms with Gasteiger partial charge in [-0.2, -0.15) is 12.7 Å². The first kappa shape index (κ1) is 15.8. The third-order valence-corrected chi connectivity index (χ3v) is 5.32. The predicted molar refractivity (Wildman–Crippen MR) is 79.1 cm³/mol. The molecule has 6 nitrogen and oxygen atoms in total. The fourth-order valence-corrected chi connectivity index (χ4v) is 4.17. The molecule has 0 bridgehead atoms. The zero-order valence-corrected chi connectivity index (χ0v) is 13.5. The lowest BCUT2D eigenvalue weighted by Crippen LogP contribution is -2.45. The molecule has 2 heterocycles. The van der Waals surface area contributed by atoms with Crippen LogP contribution in [-0.2, 0) is 10.2 Å². The first-order chi connectivity index (χ1) is 9.29. The Kier molecular flexibility index (Phi) is 4.73. The van der Waals surface area contributed by atoms with E-state index in [4.69, 9.17) is 23.2 Å². The fraction of sp³-hybridized carbons (Fsp3) is 0.636. The van der Waals surface area contributed by atoms with Crippen molar-refractivity contribution in [3.8, 4) is 0 Å². The van der Waals surface area contributed by atoms with Crippen molar-refractivity contribution in [3.63, 3.8) is 0 Å². The Labute approximate surface area is 128 Å². The van der Waals surface area contributed by atoms with Crippen molar-refractivity contribution >= 4 is 39.2 Å². The summed E-state index contributed by atoms with van der Waals surface area (Å²) in [6.07, 6.45) is 2.18. The zero-order valence-electron chi connectivity index (χ0n) is 11.2. The second-order valence-corrected chi connectivity index (χ2v) is 7.60. The molecular formula is C11H16Cl2N4O2S. The van der Waals surface area contributed by atoms with Crippen LogP contribution in [0.5, 0.6) is 0 Å².